The predicted octanol–water partition coefficient (Wildman–Crippen LogP) is 3.85. The first-order chi connectivity index (χ1) is 37.3. The summed E-state index contributed by atoms with van der Waals surface area (Å²) in [5, 5.41) is 13.4. The van der Waals surface area contributed by atoms with Gasteiger partial charge < -0.3 is 0 Å². The van der Waals surface area contributed by atoms with E-state index in [1.807, 2.05) is 72.8 Å². The molecule has 0 atom stereocenters. The second-order valence-electron chi connectivity index (χ2n) is 16.7. The van der Waals surface area contributed by atoms with Gasteiger partial charge in [-0.15, -0.1) is 20.5 Å². The van der Waals surface area contributed by atoms with Crippen molar-refractivity contribution in [2.45, 2.75) is 0 Å². The van der Waals surface area contributed by atoms with Gasteiger partial charge in [0.2, 0.25) is 0 Å². The van der Waals surface area contributed by atoms with Crippen molar-refractivity contribution in [2.75, 3.05) is 0 Å². The molecular formula is C64H58Au2Cl2O8P4-4. The average Bonchev–Trinajstić information content (AvgIpc) is 3.48. The van der Waals surface area contributed by atoms with Crippen LogP contribution in [0.2, 0.25) is 0 Å². The topological polar surface area (TPSA) is 184 Å². The minimum atomic E-state index is -4.94. The van der Waals surface area contributed by atoms with E-state index in [4.69, 9.17) is 37.3 Å². The van der Waals surface area contributed by atoms with Crippen molar-refractivity contribution in [2.24, 2.45) is 0 Å². The van der Waals surface area contributed by atoms with E-state index in [0.29, 0.717) is 0 Å². The van der Waals surface area contributed by atoms with E-state index in [1.54, 1.807) is 0 Å². The van der Waals surface area contributed by atoms with E-state index < -0.39 is 50.9 Å². The molecule has 0 aromatic heterocycles. The third-order valence-electron chi connectivity index (χ3n) is 11.1. The van der Waals surface area contributed by atoms with Gasteiger partial charge >= 0.3 is 0 Å². The van der Waals surface area contributed by atoms with Crippen LogP contribution >= 0.6 is 30.4 Å². The fraction of sp³-hybridized carbons (Fsp3) is 0. The molecule has 0 aliphatic rings. The second kappa shape index (κ2) is 36.3. The maximum Gasteiger partial charge on any atom is 0.0408 e. The monoisotopic (exact) mass is 1540 g/mol. The number of hydrogen-bond acceptors (Lipinski definition) is 8. The van der Waals surface area contributed by atoms with E-state index >= 15 is 0 Å². The number of rotatable bonds is 10. The summed E-state index contributed by atoms with van der Waals surface area (Å²) in [6, 6.07) is 106. The molecule has 0 aliphatic heterocycles. The van der Waals surface area contributed by atoms with Crippen LogP contribution in [0.25, 0.3) is 0 Å². The Balaban J connectivity index is 0.000000264. The Bertz CT molecular complexity index is 2650. The molecule has 10 rings (SSSR count). The number of halogens is 2. The Morgan fingerprint density at radius 1 is 0.212 bits per heavy atom. The van der Waals surface area contributed by atoms with E-state index in [9.17, 15) is 0 Å². The number of benzene rings is 10. The third kappa shape index (κ3) is 25.4. The molecule has 8 nitrogen and oxygen atoms in total. The molecule has 16 heteroatoms. The van der Waals surface area contributed by atoms with Gasteiger partial charge in [-0.2, -0.15) is 41.2 Å². The average molecular weight is 1540 g/mol. The summed E-state index contributed by atoms with van der Waals surface area (Å²) < 4.78 is 67.9. The van der Waals surface area contributed by atoms with Crippen LogP contribution in [0.5, 0.6) is 0 Å². The van der Waals surface area contributed by atoms with E-state index in [2.05, 4.69) is 257 Å². The zero-order valence-corrected chi connectivity index (χ0v) is 52.5. The van der Waals surface area contributed by atoms with Gasteiger partial charge in [0.1, 0.15) is 0 Å². The van der Waals surface area contributed by atoms with Crippen LogP contribution in [0.1, 0.15) is 0 Å². The molecule has 0 fully saturated rings. The second-order valence-corrected chi connectivity index (χ2v) is 28.6. The zero-order chi connectivity index (χ0) is 56.3. The standard InChI is InChI=1S/2C18H15P.2C14H14P.2Au.2ClHO4/c2*1-4-10-16(11-5-1)19(17-12-6-2-7-13-17)18-14-8-3-9-15-18;2*1-15(2,13-9-5-3-6-10-13)14-11-7-4-8-12-14;;;2*2-1(3,4)5/h2*1-15H;2*3-12H,1-2H2;;;2*(H,2,3,4,5)/q;;2*-1;;;;/p-2. The first-order valence-electron chi connectivity index (χ1n) is 23.8. The van der Waals surface area contributed by atoms with E-state index in [1.165, 1.54) is 53.0 Å². The molecule has 2 radical (unpaired) electrons. The van der Waals surface area contributed by atoms with Crippen molar-refractivity contribution in [3.05, 3.63) is 330 Å². The molecule has 0 saturated heterocycles. The largest absolute Gasteiger partial charge is 0.222 e. The van der Waals surface area contributed by atoms with Gasteiger partial charge in [-0.1, -0.05) is 255 Å². The molecule has 0 amide bonds. The van der Waals surface area contributed by atoms with Gasteiger partial charge in [-0.25, -0.2) is 37.3 Å². The van der Waals surface area contributed by atoms with Crippen LogP contribution in [0.3, 0.4) is 0 Å². The van der Waals surface area contributed by atoms with Crippen LogP contribution in [0.4, 0.5) is 0 Å². The van der Waals surface area contributed by atoms with Gasteiger partial charge in [-0.05, 0) is 96.2 Å². The summed E-state index contributed by atoms with van der Waals surface area (Å²) in [7, 11) is -14.1. The Labute approximate surface area is 511 Å². The molecular weight excluding hydrogens is 1490 g/mol. The molecule has 0 spiro atoms. The van der Waals surface area contributed by atoms with Gasteiger partial charge in [0, 0.05) is 66.0 Å². The van der Waals surface area contributed by atoms with Crippen LogP contribution in [-0.4, -0.2) is 0 Å². The molecule has 0 unspecified atom stereocenters. The third-order valence-corrected chi connectivity index (χ3v) is 21.1. The Hall–Kier alpha value is -4.34. The first-order valence-corrected chi connectivity index (χ1v) is 33.3. The molecule has 10 aromatic carbocycles. The van der Waals surface area contributed by atoms with Crippen molar-refractivity contribution >= 4 is 83.4 Å². The summed E-state index contributed by atoms with van der Waals surface area (Å²) in [5.41, 5.74) is 0. The zero-order valence-electron chi connectivity index (χ0n) is 43.1. The molecule has 0 bridgehead atoms. The Kier molecular flexibility index (Phi) is 31.7. The Morgan fingerprint density at radius 3 is 0.425 bits per heavy atom. The molecule has 0 saturated carbocycles. The molecule has 422 valence electrons. The van der Waals surface area contributed by atoms with Crippen molar-refractivity contribution in [3.8, 4) is 0 Å². The van der Waals surface area contributed by atoms with Gasteiger partial charge in [0.15, 0.2) is 0 Å². The van der Waals surface area contributed by atoms with Crippen molar-refractivity contribution in [1.29, 1.82) is 0 Å². The van der Waals surface area contributed by atoms with Crippen molar-refractivity contribution < 1.29 is 103 Å². The molecule has 0 N–H and O–H groups in total. The normalized spacial score (nSPS) is 10.8. The summed E-state index contributed by atoms with van der Waals surface area (Å²) in [6.45, 7) is 17.2. The van der Waals surface area contributed by atoms with E-state index in [-0.39, 0.29) is 44.8 Å². The molecule has 10 aromatic rings. The summed E-state index contributed by atoms with van der Waals surface area (Å²) in [5.74, 6) is 0. The SMILES string of the molecule is [Au].[Au].[CH2-][P+]([CH2-])(c1ccccc1)c1ccccc1.[CH2-][P+]([CH2-])(c1ccccc1)c1ccccc1.[O-][Cl+3]([O-])([O-])[O-].[O-][Cl+3]([O-])([O-])[O-].c1ccc(P(c2ccccc2)c2ccccc2)cc1.c1ccc(P(c2ccccc2)c2ccccc2)cc1. The Morgan fingerprint density at radius 2 is 0.312 bits per heavy atom. The van der Waals surface area contributed by atoms with Gasteiger partial charge in [0.25, 0.3) is 0 Å². The van der Waals surface area contributed by atoms with Crippen LogP contribution in [-0.2, 0) is 44.8 Å². The van der Waals surface area contributed by atoms with Crippen molar-refractivity contribution in [1.82, 2.24) is 0 Å². The van der Waals surface area contributed by atoms with Crippen LogP contribution < -0.4 is 90.3 Å². The smallest absolute Gasteiger partial charge is 0.0408 e. The maximum atomic E-state index is 8.49. The fourth-order valence-corrected chi connectivity index (χ4v) is 15.7. The predicted molar refractivity (Wildman–Crippen MR) is 310 cm³/mol. The van der Waals surface area contributed by atoms with Crippen molar-refractivity contribution in [3.63, 3.8) is 0 Å². The minimum absolute atomic E-state index is 0. The molecule has 0 heterocycles. The van der Waals surface area contributed by atoms with Crippen LogP contribution in [0.15, 0.2) is 303 Å². The summed E-state index contributed by atoms with van der Waals surface area (Å²) in [6.07, 6.45) is 0. The van der Waals surface area contributed by atoms with E-state index in [0.717, 1.165) is 0 Å². The fourth-order valence-electron chi connectivity index (χ4n) is 7.51. The first kappa shape index (κ1) is 69.9. The number of hydrogen-bond donors (Lipinski definition) is 0. The van der Waals surface area contributed by atoms with Crippen LogP contribution in [0, 0.1) is 47.1 Å². The van der Waals surface area contributed by atoms with Gasteiger partial charge in [-0.3, -0.25) is 0 Å². The van der Waals surface area contributed by atoms with Gasteiger partial charge in [0.05, 0.1) is 0 Å². The molecule has 0 aliphatic carbocycles. The summed E-state index contributed by atoms with van der Waals surface area (Å²) >= 11 is 0. The minimum Gasteiger partial charge on any atom is -0.222 e. The quantitative estimate of drug-likeness (QED) is 0.112. The summed E-state index contributed by atoms with van der Waals surface area (Å²) in [4.78, 5) is 0. The maximum absolute atomic E-state index is 8.49. The molecule has 80 heavy (non-hydrogen) atoms.